The van der Waals surface area contributed by atoms with Crippen LogP contribution in [0.2, 0.25) is 0 Å². The number of ether oxygens (including phenoxy) is 1. The van der Waals surface area contributed by atoms with Gasteiger partial charge in [0.25, 0.3) is 0 Å². The molecule has 0 amide bonds. The number of hydrogen-bond acceptors (Lipinski definition) is 4. The van der Waals surface area contributed by atoms with Gasteiger partial charge in [-0.1, -0.05) is 29.8 Å². The Balaban J connectivity index is 2.36. The average molecular weight is 346 g/mol. The van der Waals surface area contributed by atoms with Gasteiger partial charge in [-0.3, -0.25) is 0 Å². The summed E-state index contributed by atoms with van der Waals surface area (Å²) in [6, 6.07) is 7.48. The second-order valence-corrected chi connectivity index (χ2v) is 5.86. The number of rotatable bonds is 9. The molecule has 3 N–H and O–H groups in total. The highest BCUT2D eigenvalue weighted by atomic mass is 79.9. The lowest BCUT2D eigenvalue weighted by molar-refractivity contribution is 0.0813. The summed E-state index contributed by atoms with van der Waals surface area (Å²) < 4.78 is 6.51. The van der Waals surface area contributed by atoms with Gasteiger partial charge in [-0.05, 0) is 37.1 Å². The van der Waals surface area contributed by atoms with Crippen molar-refractivity contribution in [3.63, 3.8) is 0 Å². The van der Waals surface area contributed by atoms with Crippen LogP contribution >= 0.6 is 15.9 Å². The van der Waals surface area contributed by atoms with Gasteiger partial charge in [0.1, 0.15) is 18.5 Å². The molecule has 0 spiro atoms. The standard InChI is InChI=1S/C15H24BrNO3/c1-3-15(4-2,11-18)17-9-13(19)10-20-14-7-5-12(16)6-8-14/h5-8,13,17-19H,3-4,9-11H2,1-2H3. The monoisotopic (exact) mass is 345 g/mol. The Morgan fingerprint density at radius 1 is 1.25 bits per heavy atom. The summed E-state index contributed by atoms with van der Waals surface area (Å²) in [5.74, 6) is 0.728. The molecule has 5 heteroatoms. The van der Waals surface area contributed by atoms with Gasteiger partial charge in [0.05, 0.1) is 6.61 Å². The van der Waals surface area contributed by atoms with Crippen LogP contribution in [0.25, 0.3) is 0 Å². The van der Waals surface area contributed by atoms with Crippen LogP contribution < -0.4 is 10.1 Å². The zero-order chi connectivity index (χ0) is 15.0. The largest absolute Gasteiger partial charge is 0.491 e. The zero-order valence-electron chi connectivity index (χ0n) is 12.1. The third-order valence-electron chi connectivity index (χ3n) is 3.62. The summed E-state index contributed by atoms with van der Waals surface area (Å²) >= 11 is 3.36. The fraction of sp³-hybridized carbons (Fsp3) is 0.600. The van der Waals surface area contributed by atoms with E-state index in [1.807, 2.05) is 38.1 Å². The third kappa shape index (κ3) is 5.40. The number of benzene rings is 1. The predicted octanol–water partition coefficient (Wildman–Crippen LogP) is 2.33. The van der Waals surface area contributed by atoms with E-state index >= 15 is 0 Å². The van der Waals surface area contributed by atoms with Gasteiger partial charge in [-0.2, -0.15) is 0 Å². The molecule has 0 saturated heterocycles. The summed E-state index contributed by atoms with van der Waals surface area (Å²) in [6.07, 6.45) is 1.03. The van der Waals surface area contributed by atoms with E-state index in [1.54, 1.807) is 0 Å². The molecule has 0 aliphatic rings. The van der Waals surface area contributed by atoms with Crippen molar-refractivity contribution in [3.05, 3.63) is 28.7 Å². The van der Waals surface area contributed by atoms with Gasteiger partial charge in [0.2, 0.25) is 0 Å². The van der Waals surface area contributed by atoms with Crippen LogP contribution in [0, 0.1) is 0 Å². The number of nitrogens with one attached hydrogen (secondary N) is 1. The Morgan fingerprint density at radius 3 is 2.35 bits per heavy atom. The molecule has 0 saturated carbocycles. The van der Waals surface area contributed by atoms with Crippen molar-refractivity contribution in [2.45, 2.75) is 38.3 Å². The molecule has 1 unspecified atom stereocenters. The SMILES string of the molecule is CCC(CC)(CO)NCC(O)COc1ccc(Br)cc1. The van der Waals surface area contributed by atoms with Crippen molar-refractivity contribution < 1.29 is 14.9 Å². The summed E-state index contributed by atoms with van der Waals surface area (Å²) in [6.45, 7) is 4.75. The van der Waals surface area contributed by atoms with Crippen LogP contribution in [0.3, 0.4) is 0 Å². The summed E-state index contributed by atoms with van der Waals surface area (Å²) in [4.78, 5) is 0. The van der Waals surface area contributed by atoms with Gasteiger partial charge < -0.3 is 20.3 Å². The normalized spacial score (nSPS) is 13.2. The van der Waals surface area contributed by atoms with Gasteiger partial charge in [-0.15, -0.1) is 0 Å². The molecule has 0 aliphatic heterocycles. The molecule has 0 aromatic heterocycles. The van der Waals surface area contributed by atoms with E-state index in [0.717, 1.165) is 23.1 Å². The lowest BCUT2D eigenvalue weighted by Gasteiger charge is -2.32. The number of halogens is 1. The molecule has 114 valence electrons. The van der Waals surface area contributed by atoms with Gasteiger partial charge in [-0.25, -0.2) is 0 Å². The third-order valence-corrected chi connectivity index (χ3v) is 4.15. The maximum atomic E-state index is 9.94. The van der Waals surface area contributed by atoms with Gasteiger partial charge in [0.15, 0.2) is 0 Å². The topological polar surface area (TPSA) is 61.7 Å². The number of hydrogen-bond donors (Lipinski definition) is 3. The molecule has 1 aromatic rings. The quantitative estimate of drug-likeness (QED) is 0.642. The highest BCUT2D eigenvalue weighted by Crippen LogP contribution is 2.16. The van der Waals surface area contributed by atoms with E-state index < -0.39 is 6.10 Å². The smallest absolute Gasteiger partial charge is 0.119 e. The highest BCUT2D eigenvalue weighted by molar-refractivity contribution is 9.10. The summed E-state index contributed by atoms with van der Waals surface area (Å²) in [5.41, 5.74) is -0.307. The maximum absolute atomic E-state index is 9.94. The van der Waals surface area contributed by atoms with E-state index in [0.29, 0.717) is 6.54 Å². The minimum absolute atomic E-state index is 0.0697. The van der Waals surface area contributed by atoms with E-state index in [-0.39, 0.29) is 18.8 Å². The molecule has 1 atom stereocenters. The minimum atomic E-state index is -0.609. The van der Waals surface area contributed by atoms with Crippen LogP contribution in [0.4, 0.5) is 0 Å². The van der Waals surface area contributed by atoms with E-state index in [2.05, 4.69) is 21.2 Å². The van der Waals surface area contributed by atoms with E-state index in [4.69, 9.17) is 4.74 Å². The molecule has 20 heavy (non-hydrogen) atoms. The zero-order valence-corrected chi connectivity index (χ0v) is 13.7. The van der Waals surface area contributed by atoms with Crippen molar-refractivity contribution in [3.8, 4) is 5.75 Å². The van der Waals surface area contributed by atoms with Crippen LogP contribution in [0.15, 0.2) is 28.7 Å². The summed E-state index contributed by atoms with van der Waals surface area (Å²) in [5, 5.41) is 22.6. The number of aliphatic hydroxyl groups is 2. The molecule has 0 fully saturated rings. The van der Waals surface area contributed by atoms with Crippen LogP contribution in [0.5, 0.6) is 5.75 Å². The maximum Gasteiger partial charge on any atom is 0.119 e. The molecule has 0 bridgehead atoms. The lowest BCUT2D eigenvalue weighted by Crippen LogP contribution is -2.50. The molecule has 0 radical (unpaired) electrons. The van der Waals surface area contributed by atoms with Crippen molar-refractivity contribution in [1.29, 1.82) is 0 Å². The van der Waals surface area contributed by atoms with Gasteiger partial charge in [0, 0.05) is 16.6 Å². The molecular weight excluding hydrogens is 322 g/mol. The fourth-order valence-electron chi connectivity index (χ4n) is 1.90. The molecule has 4 nitrogen and oxygen atoms in total. The van der Waals surface area contributed by atoms with Crippen molar-refractivity contribution in [2.24, 2.45) is 0 Å². The number of β-amino-alcohol motifs (C(OH)–C–C–N with tert-alkyl or cyclic N) is 1. The van der Waals surface area contributed by atoms with Crippen LogP contribution in [-0.4, -0.2) is 41.6 Å². The highest BCUT2D eigenvalue weighted by Gasteiger charge is 2.25. The molecular formula is C15H24BrNO3. The first-order chi connectivity index (χ1) is 9.55. The van der Waals surface area contributed by atoms with Crippen molar-refractivity contribution in [2.75, 3.05) is 19.8 Å². The lowest BCUT2D eigenvalue weighted by atomic mass is 9.94. The van der Waals surface area contributed by atoms with E-state index in [1.165, 1.54) is 0 Å². The molecule has 1 aromatic carbocycles. The summed E-state index contributed by atoms with van der Waals surface area (Å²) in [7, 11) is 0. The second kappa shape index (κ2) is 8.62. The number of aliphatic hydroxyl groups excluding tert-OH is 2. The molecule has 0 heterocycles. The van der Waals surface area contributed by atoms with Crippen molar-refractivity contribution >= 4 is 15.9 Å². The second-order valence-electron chi connectivity index (χ2n) is 4.95. The minimum Gasteiger partial charge on any atom is -0.491 e. The first-order valence-electron chi connectivity index (χ1n) is 6.97. The van der Waals surface area contributed by atoms with Gasteiger partial charge >= 0.3 is 0 Å². The average Bonchev–Trinajstić information content (AvgIpc) is 2.48. The molecule has 1 rings (SSSR count). The first-order valence-corrected chi connectivity index (χ1v) is 7.77. The Kier molecular flexibility index (Phi) is 7.51. The Bertz CT molecular complexity index is 371. The first kappa shape index (κ1) is 17.4. The Labute approximate surface area is 129 Å². The fourth-order valence-corrected chi connectivity index (χ4v) is 2.16. The Morgan fingerprint density at radius 2 is 1.85 bits per heavy atom. The van der Waals surface area contributed by atoms with Crippen LogP contribution in [0.1, 0.15) is 26.7 Å². The van der Waals surface area contributed by atoms with Crippen LogP contribution in [-0.2, 0) is 0 Å². The Hall–Kier alpha value is -0.620. The molecule has 0 aliphatic carbocycles. The van der Waals surface area contributed by atoms with E-state index in [9.17, 15) is 10.2 Å². The van der Waals surface area contributed by atoms with Crippen molar-refractivity contribution in [1.82, 2.24) is 5.32 Å². The predicted molar refractivity (Wildman–Crippen MR) is 84.0 cm³/mol.